The largest absolute Gasteiger partial charge is 0.396 e. The average molecular weight is 252 g/mol. The summed E-state index contributed by atoms with van der Waals surface area (Å²) in [7, 11) is 0. The van der Waals surface area contributed by atoms with Crippen molar-refractivity contribution in [1.29, 1.82) is 0 Å². The minimum Gasteiger partial charge on any atom is -0.396 e. The lowest BCUT2D eigenvalue weighted by Gasteiger charge is -2.40. The Morgan fingerprint density at radius 2 is 1.56 bits per heavy atom. The molecule has 3 aliphatic rings. The zero-order valence-electron chi connectivity index (χ0n) is 12.2. The van der Waals surface area contributed by atoms with E-state index in [2.05, 4.69) is 20.8 Å². The normalized spacial score (nSPS) is 57.7. The van der Waals surface area contributed by atoms with Crippen molar-refractivity contribution in [2.45, 2.75) is 59.0 Å². The molecule has 3 fully saturated rings. The number of fused-ring (bicyclic) bond motifs is 3. The molecule has 2 heteroatoms. The summed E-state index contributed by atoms with van der Waals surface area (Å²) in [4.78, 5) is 0. The highest BCUT2D eigenvalue weighted by molar-refractivity contribution is 5.17. The van der Waals surface area contributed by atoms with Crippen LogP contribution in [0.4, 0.5) is 0 Å². The van der Waals surface area contributed by atoms with Gasteiger partial charge in [0, 0.05) is 6.61 Å². The summed E-state index contributed by atoms with van der Waals surface area (Å²) in [6.45, 7) is 9.30. The summed E-state index contributed by atoms with van der Waals surface area (Å²) in [5.41, 5.74) is -0.0647. The van der Waals surface area contributed by atoms with Crippen LogP contribution in [-0.2, 0) is 0 Å². The molecule has 2 N–H and O–H groups in total. The van der Waals surface area contributed by atoms with Crippen LogP contribution in [0.15, 0.2) is 0 Å². The Labute approximate surface area is 111 Å². The number of aliphatic hydroxyl groups excluding tert-OH is 1. The van der Waals surface area contributed by atoms with Crippen LogP contribution in [-0.4, -0.2) is 22.4 Å². The molecule has 3 aliphatic carbocycles. The maximum atomic E-state index is 10.8. The van der Waals surface area contributed by atoms with E-state index in [0.717, 1.165) is 25.2 Å². The zero-order valence-corrected chi connectivity index (χ0v) is 12.2. The summed E-state index contributed by atoms with van der Waals surface area (Å²) < 4.78 is 0. The molecule has 0 aliphatic heterocycles. The van der Waals surface area contributed by atoms with Gasteiger partial charge in [-0.3, -0.25) is 0 Å². The van der Waals surface area contributed by atoms with Gasteiger partial charge in [0.05, 0.1) is 5.60 Å². The first-order valence-corrected chi connectivity index (χ1v) is 7.57. The molecule has 104 valence electrons. The summed E-state index contributed by atoms with van der Waals surface area (Å²) >= 11 is 0. The minimum atomic E-state index is -0.512. The Morgan fingerprint density at radius 3 is 2.17 bits per heavy atom. The first kappa shape index (κ1) is 12.9. The van der Waals surface area contributed by atoms with E-state index >= 15 is 0 Å². The van der Waals surface area contributed by atoms with E-state index in [0.29, 0.717) is 23.2 Å². The lowest BCUT2D eigenvalue weighted by atomic mass is 9.67. The van der Waals surface area contributed by atoms with Gasteiger partial charge in [0.15, 0.2) is 0 Å². The van der Waals surface area contributed by atoms with Crippen LogP contribution in [0.3, 0.4) is 0 Å². The van der Waals surface area contributed by atoms with Crippen LogP contribution < -0.4 is 0 Å². The van der Waals surface area contributed by atoms with Gasteiger partial charge in [0.25, 0.3) is 0 Å². The maximum Gasteiger partial charge on any atom is 0.0653 e. The van der Waals surface area contributed by atoms with Gasteiger partial charge in [-0.05, 0) is 67.1 Å². The van der Waals surface area contributed by atoms with E-state index in [-0.39, 0.29) is 12.0 Å². The molecule has 0 amide bonds. The predicted molar refractivity (Wildman–Crippen MR) is 72.0 cm³/mol. The Balaban J connectivity index is 1.99. The summed E-state index contributed by atoms with van der Waals surface area (Å²) in [6, 6.07) is 0. The van der Waals surface area contributed by atoms with Crippen LogP contribution in [0.25, 0.3) is 0 Å². The Hall–Kier alpha value is -0.0800. The molecular formula is C16H28O2. The highest BCUT2D eigenvalue weighted by atomic mass is 16.3. The van der Waals surface area contributed by atoms with Crippen molar-refractivity contribution >= 4 is 0 Å². The molecule has 0 unspecified atom stereocenters. The first-order valence-electron chi connectivity index (χ1n) is 7.57. The highest BCUT2D eigenvalue weighted by Gasteiger charge is 2.69. The second-order valence-corrected chi connectivity index (χ2v) is 8.33. The molecule has 0 bridgehead atoms. The van der Waals surface area contributed by atoms with Crippen molar-refractivity contribution in [3.8, 4) is 0 Å². The quantitative estimate of drug-likeness (QED) is 0.753. The third-order valence-electron chi connectivity index (χ3n) is 6.92. The second kappa shape index (κ2) is 3.52. The van der Waals surface area contributed by atoms with Gasteiger partial charge >= 0.3 is 0 Å². The SMILES string of the molecule is CC1(C)[C@H]2[C@H]3[C@@H](CC[C@]3(C)O)[C@](C)(CO)CC[C@H]21. The van der Waals surface area contributed by atoms with Crippen LogP contribution in [0.1, 0.15) is 53.4 Å². The number of hydrogen-bond donors (Lipinski definition) is 2. The summed E-state index contributed by atoms with van der Waals surface area (Å²) in [6.07, 6.45) is 4.37. The van der Waals surface area contributed by atoms with Crippen LogP contribution in [0.2, 0.25) is 0 Å². The van der Waals surface area contributed by atoms with E-state index in [1.54, 1.807) is 0 Å². The third kappa shape index (κ3) is 1.48. The highest BCUT2D eigenvalue weighted by Crippen LogP contribution is 2.72. The average Bonchev–Trinajstić information content (AvgIpc) is 2.72. The van der Waals surface area contributed by atoms with E-state index in [9.17, 15) is 10.2 Å². The first-order chi connectivity index (χ1) is 8.24. The Morgan fingerprint density at radius 1 is 0.944 bits per heavy atom. The fraction of sp³-hybridized carbons (Fsp3) is 1.00. The van der Waals surface area contributed by atoms with E-state index < -0.39 is 5.60 Å². The Bertz CT molecular complexity index is 360. The van der Waals surface area contributed by atoms with Crippen molar-refractivity contribution in [2.75, 3.05) is 6.61 Å². The molecule has 2 nitrogen and oxygen atoms in total. The van der Waals surface area contributed by atoms with Crippen molar-refractivity contribution in [3.63, 3.8) is 0 Å². The molecule has 0 radical (unpaired) electrons. The van der Waals surface area contributed by atoms with E-state index in [4.69, 9.17) is 0 Å². The van der Waals surface area contributed by atoms with Crippen molar-refractivity contribution in [3.05, 3.63) is 0 Å². The van der Waals surface area contributed by atoms with Gasteiger partial charge in [-0.15, -0.1) is 0 Å². The van der Waals surface area contributed by atoms with Crippen molar-refractivity contribution in [2.24, 2.45) is 34.5 Å². The molecule has 0 aromatic rings. The van der Waals surface area contributed by atoms with Crippen LogP contribution in [0.5, 0.6) is 0 Å². The van der Waals surface area contributed by atoms with Crippen LogP contribution >= 0.6 is 0 Å². The van der Waals surface area contributed by atoms with E-state index in [1.165, 1.54) is 6.42 Å². The van der Waals surface area contributed by atoms with Crippen molar-refractivity contribution < 1.29 is 10.2 Å². The van der Waals surface area contributed by atoms with Gasteiger partial charge in [-0.1, -0.05) is 20.8 Å². The third-order valence-corrected chi connectivity index (χ3v) is 6.92. The van der Waals surface area contributed by atoms with Crippen molar-refractivity contribution in [1.82, 2.24) is 0 Å². The topological polar surface area (TPSA) is 40.5 Å². The fourth-order valence-corrected chi connectivity index (χ4v) is 5.56. The van der Waals surface area contributed by atoms with E-state index in [1.807, 2.05) is 6.92 Å². The lowest BCUT2D eigenvalue weighted by molar-refractivity contribution is -0.0360. The van der Waals surface area contributed by atoms with Crippen LogP contribution in [0, 0.1) is 34.5 Å². The summed E-state index contributed by atoms with van der Waals surface area (Å²) in [5.74, 6) is 2.35. The monoisotopic (exact) mass is 252 g/mol. The molecule has 18 heavy (non-hydrogen) atoms. The number of aliphatic hydroxyl groups is 2. The minimum absolute atomic E-state index is 0.0364. The number of hydrogen-bond acceptors (Lipinski definition) is 2. The standard InChI is InChI=1S/C16H28O2/c1-14(2)10-5-7-15(3,9-17)11-6-8-16(4,18)13(11)12(10)14/h10-13,17-18H,5-9H2,1-4H3/t10-,11-,12-,13-,15+,16+/m1/s1. The number of rotatable bonds is 1. The molecule has 3 rings (SSSR count). The fourth-order valence-electron chi connectivity index (χ4n) is 5.56. The molecule has 0 spiro atoms. The van der Waals surface area contributed by atoms with Gasteiger partial charge in [-0.2, -0.15) is 0 Å². The maximum absolute atomic E-state index is 10.8. The molecule has 6 atom stereocenters. The molecule has 0 aromatic carbocycles. The van der Waals surface area contributed by atoms with Gasteiger partial charge in [-0.25, -0.2) is 0 Å². The smallest absolute Gasteiger partial charge is 0.0653 e. The van der Waals surface area contributed by atoms with Gasteiger partial charge in [0.2, 0.25) is 0 Å². The lowest BCUT2D eigenvalue weighted by Crippen LogP contribution is -2.41. The molecule has 3 saturated carbocycles. The molecule has 0 heterocycles. The summed E-state index contributed by atoms with van der Waals surface area (Å²) in [5, 5.41) is 20.6. The molecular weight excluding hydrogens is 224 g/mol. The molecule has 0 aromatic heterocycles. The second-order valence-electron chi connectivity index (χ2n) is 8.33. The molecule has 0 saturated heterocycles. The van der Waals surface area contributed by atoms with Gasteiger partial charge < -0.3 is 10.2 Å². The Kier molecular flexibility index (Phi) is 2.53. The zero-order chi connectivity index (χ0) is 13.3. The van der Waals surface area contributed by atoms with Gasteiger partial charge in [0.1, 0.15) is 0 Å². The predicted octanol–water partition coefficient (Wildman–Crippen LogP) is 2.83.